The van der Waals surface area contributed by atoms with Crippen molar-refractivity contribution in [3.63, 3.8) is 0 Å². The zero-order valence-corrected chi connectivity index (χ0v) is 10.2. The molecule has 1 heterocycles. The van der Waals surface area contributed by atoms with E-state index in [9.17, 15) is 4.21 Å². The fraction of sp³-hybridized carbons (Fsp3) is 0.700. The van der Waals surface area contributed by atoms with E-state index in [1.807, 2.05) is 12.4 Å². The van der Waals surface area contributed by atoms with Crippen molar-refractivity contribution in [2.45, 2.75) is 26.4 Å². The molecular weight excluding hydrogens is 210 g/mol. The Morgan fingerprint density at radius 2 is 2.40 bits per heavy atom. The Kier molecular flexibility index (Phi) is 5.57. The lowest BCUT2D eigenvalue weighted by molar-refractivity contribution is 0.598. The fourth-order valence-electron chi connectivity index (χ4n) is 1.37. The molecule has 4 nitrogen and oxygen atoms in total. The maximum atomic E-state index is 10.8. The smallest absolute Gasteiger partial charge is 0.122 e. The summed E-state index contributed by atoms with van der Waals surface area (Å²) in [5, 5.41) is 3.24. The van der Waals surface area contributed by atoms with Crippen LogP contribution in [-0.2, 0) is 23.9 Å². The van der Waals surface area contributed by atoms with Gasteiger partial charge in [-0.05, 0) is 6.42 Å². The second-order valence-electron chi connectivity index (χ2n) is 3.49. The molecule has 15 heavy (non-hydrogen) atoms. The molecule has 5 heteroatoms. The summed E-state index contributed by atoms with van der Waals surface area (Å²) >= 11 is 0. The minimum atomic E-state index is -0.712. The Morgan fingerprint density at radius 3 is 3.07 bits per heavy atom. The lowest BCUT2D eigenvalue weighted by atomic mass is 10.4. The Balaban J connectivity index is 2.30. The number of aryl methyl sites for hydroxylation is 1. The molecule has 0 bridgehead atoms. The van der Waals surface area contributed by atoms with Gasteiger partial charge in [0.25, 0.3) is 0 Å². The maximum absolute atomic E-state index is 10.8. The SMILES string of the molecule is CCCn1ccnc1CNCCS(C)=O. The molecule has 0 saturated carbocycles. The molecular formula is C10H19N3OS. The summed E-state index contributed by atoms with van der Waals surface area (Å²) in [5.41, 5.74) is 0. The monoisotopic (exact) mass is 229 g/mol. The first-order valence-corrected chi connectivity index (χ1v) is 6.97. The molecule has 0 spiro atoms. The van der Waals surface area contributed by atoms with E-state index in [0.717, 1.165) is 31.9 Å². The van der Waals surface area contributed by atoms with Crippen molar-refractivity contribution in [3.8, 4) is 0 Å². The van der Waals surface area contributed by atoms with Gasteiger partial charge in [0.2, 0.25) is 0 Å². The van der Waals surface area contributed by atoms with Crippen LogP contribution in [0.4, 0.5) is 0 Å². The van der Waals surface area contributed by atoms with Crippen LogP contribution in [-0.4, -0.2) is 32.3 Å². The van der Waals surface area contributed by atoms with Gasteiger partial charge in [0.1, 0.15) is 5.82 Å². The average molecular weight is 229 g/mol. The van der Waals surface area contributed by atoms with E-state index in [1.54, 1.807) is 6.26 Å². The predicted molar refractivity (Wildman–Crippen MR) is 63.2 cm³/mol. The lowest BCUT2D eigenvalue weighted by Crippen LogP contribution is -2.21. The summed E-state index contributed by atoms with van der Waals surface area (Å²) in [6.45, 7) is 4.69. The minimum Gasteiger partial charge on any atom is -0.334 e. The molecule has 0 aromatic carbocycles. The molecule has 1 rings (SSSR count). The van der Waals surface area contributed by atoms with Crippen LogP contribution in [0, 0.1) is 0 Å². The molecule has 0 amide bonds. The first-order valence-electron chi connectivity index (χ1n) is 5.24. The molecule has 0 fully saturated rings. The molecule has 0 saturated heterocycles. The molecule has 1 aromatic heterocycles. The van der Waals surface area contributed by atoms with Crippen molar-refractivity contribution in [2.75, 3.05) is 18.6 Å². The van der Waals surface area contributed by atoms with Gasteiger partial charge >= 0.3 is 0 Å². The van der Waals surface area contributed by atoms with Crippen LogP contribution in [0.25, 0.3) is 0 Å². The summed E-state index contributed by atoms with van der Waals surface area (Å²) in [6, 6.07) is 0. The number of hydrogen-bond donors (Lipinski definition) is 1. The summed E-state index contributed by atoms with van der Waals surface area (Å²) in [4.78, 5) is 4.28. The second kappa shape index (κ2) is 6.74. The number of nitrogens with one attached hydrogen (secondary N) is 1. The fourth-order valence-corrected chi connectivity index (χ4v) is 1.80. The van der Waals surface area contributed by atoms with Gasteiger partial charge in [-0.1, -0.05) is 6.92 Å². The number of rotatable bonds is 7. The largest absolute Gasteiger partial charge is 0.334 e. The zero-order chi connectivity index (χ0) is 11.1. The molecule has 1 atom stereocenters. The highest BCUT2D eigenvalue weighted by atomic mass is 32.2. The van der Waals surface area contributed by atoms with Crippen LogP contribution in [0.5, 0.6) is 0 Å². The molecule has 1 unspecified atom stereocenters. The third-order valence-electron chi connectivity index (χ3n) is 2.12. The Bertz CT molecular complexity index is 311. The van der Waals surface area contributed by atoms with Gasteiger partial charge in [0, 0.05) is 48.3 Å². The third-order valence-corrected chi connectivity index (χ3v) is 2.89. The van der Waals surface area contributed by atoms with Gasteiger partial charge in [-0.3, -0.25) is 4.21 Å². The van der Waals surface area contributed by atoms with Crippen LogP contribution in [0.1, 0.15) is 19.2 Å². The summed E-state index contributed by atoms with van der Waals surface area (Å²) in [5.74, 6) is 1.76. The molecule has 0 radical (unpaired) electrons. The molecule has 0 aliphatic heterocycles. The summed E-state index contributed by atoms with van der Waals surface area (Å²) < 4.78 is 13.0. The minimum absolute atomic E-state index is 0.703. The van der Waals surface area contributed by atoms with Gasteiger partial charge in [-0.2, -0.15) is 0 Å². The Hall–Kier alpha value is -0.680. The quantitative estimate of drug-likeness (QED) is 0.702. The van der Waals surface area contributed by atoms with Gasteiger partial charge in [0.05, 0.1) is 6.54 Å². The molecule has 0 aliphatic carbocycles. The molecule has 0 aliphatic rings. The zero-order valence-electron chi connectivity index (χ0n) is 9.40. The van der Waals surface area contributed by atoms with Gasteiger partial charge in [0.15, 0.2) is 0 Å². The molecule has 86 valence electrons. The van der Waals surface area contributed by atoms with Crippen LogP contribution in [0.3, 0.4) is 0 Å². The van der Waals surface area contributed by atoms with E-state index < -0.39 is 10.8 Å². The van der Waals surface area contributed by atoms with Gasteiger partial charge in [-0.15, -0.1) is 0 Å². The van der Waals surface area contributed by atoms with Crippen LogP contribution < -0.4 is 5.32 Å². The molecule has 1 N–H and O–H groups in total. The van der Waals surface area contributed by atoms with E-state index >= 15 is 0 Å². The molecule has 1 aromatic rings. The first-order chi connectivity index (χ1) is 7.24. The van der Waals surface area contributed by atoms with E-state index in [1.165, 1.54) is 0 Å². The van der Waals surface area contributed by atoms with Gasteiger partial charge < -0.3 is 9.88 Å². The van der Waals surface area contributed by atoms with E-state index in [2.05, 4.69) is 21.8 Å². The van der Waals surface area contributed by atoms with Crippen molar-refractivity contribution in [3.05, 3.63) is 18.2 Å². The highest BCUT2D eigenvalue weighted by Crippen LogP contribution is 1.98. The number of aromatic nitrogens is 2. The highest BCUT2D eigenvalue weighted by Gasteiger charge is 2.00. The van der Waals surface area contributed by atoms with E-state index in [0.29, 0.717) is 5.75 Å². The van der Waals surface area contributed by atoms with Crippen molar-refractivity contribution in [2.24, 2.45) is 0 Å². The van der Waals surface area contributed by atoms with Gasteiger partial charge in [-0.25, -0.2) is 4.98 Å². The summed E-state index contributed by atoms with van der Waals surface area (Å²) in [7, 11) is -0.712. The van der Waals surface area contributed by atoms with Crippen LogP contribution >= 0.6 is 0 Å². The summed E-state index contributed by atoms with van der Waals surface area (Å²) in [6.07, 6.45) is 6.66. The van der Waals surface area contributed by atoms with Crippen molar-refractivity contribution in [1.29, 1.82) is 0 Å². The predicted octanol–water partition coefficient (Wildman–Crippen LogP) is 0.761. The number of nitrogens with zero attached hydrogens (tertiary/aromatic N) is 2. The maximum Gasteiger partial charge on any atom is 0.122 e. The van der Waals surface area contributed by atoms with Crippen LogP contribution in [0.15, 0.2) is 12.4 Å². The van der Waals surface area contributed by atoms with Crippen molar-refractivity contribution >= 4 is 10.8 Å². The standard InChI is InChI=1S/C10H19N3OS/c1-3-6-13-7-4-12-10(13)9-11-5-8-15(2)14/h4,7,11H,3,5-6,8-9H2,1-2H3. The number of imidazole rings is 1. The van der Waals surface area contributed by atoms with E-state index in [-0.39, 0.29) is 0 Å². The normalized spacial score (nSPS) is 12.9. The Morgan fingerprint density at radius 1 is 1.60 bits per heavy atom. The first kappa shape index (κ1) is 12.4. The average Bonchev–Trinajstić information content (AvgIpc) is 2.61. The topological polar surface area (TPSA) is 46.9 Å². The Labute approximate surface area is 93.5 Å². The van der Waals surface area contributed by atoms with Crippen molar-refractivity contribution in [1.82, 2.24) is 14.9 Å². The van der Waals surface area contributed by atoms with Crippen molar-refractivity contribution < 1.29 is 4.21 Å². The second-order valence-corrected chi connectivity index (χ2v) is 5.05. The van der Waals surface area contributed by atoms with Crippen LogP contribution in [0.2, 0.25) is 0 Å². The lowest BCUT2D eigenvalue weighted by Gasteiger charge is -2.06. The third kappa shape index (κ3) is 4.57. The van der Waals surface area contributed by atoms with E-state index in [4.69, 9.17) is 0 Å². The highest BCUT2D eigenvalue weighted by molar-refractivity contribution is 7.84. The number of hydrogen-bond acceptors (Lipinski definition) is 3.